The molecule has 1 aliphatic rings. The number of nitrogens with zero attached hydrogens (tertiary/aromatic N) is 3. The van der Waals surface area contributed by atoms with Crippen LogP contribution in [0.25, 0.3) is 11.4 Å². The largest absolute Gasteiger partial charge is 0.316 e. The number of hydrogen-bond acceptors (Lipinski definition) is 6. The maximum Gasteiger partial charge on any atom is 0.235 e. The molecule has 28 heavy (non-hydrogen) atoms. The third-order valence-electron chi connectivity index (χ3n) is 4.46. The molecule has 1 aliphatic carbocycles. The number of aromatic nitrogens is 3. The van der Waals surface area contributed by atoms with Crippen molar-refractivity contribution in [1.29, 1.82) is 5.26 Å². The first kappa shape index (κ1) is 18.7. The molecule has 2 N–H and O–H groups in total. The molecule has 2 heterocycles. The van der Waals surface area contributed by atoms with Crippen molar-refractivity contribution < 1.29 is 9.18 Å². The predicted octanol–water partition coefficient (Wildman–Crippen LogP) is 4.15. The zero-order chi connectivity index (χ0) is 19.5. The van der Waals surface area contributed by atoms with Crippen molar-refractivity contribution in [3.63, 3.8) is 0 Å². The molecular formula is C19H16FN5OS2. The molecular weight excluding hydrogens is 397 g/mol. The first-order chi connectivity index (χ1) is 13.7. The molecule has 0 saturated carbocycles. The maximum atomic E-state index is 13.8. The lowest BCUT2D eigenvalue weighted by atomic mass is 9.96. The van der Waals surface area contributed by atoms with Crippen LogP contribution >= 0.6 is 23.1 Å². The number of nitrogens with one attached hydrogen (secondary N) is 2. The number of thioether (sulfide) groups is 1. The Morgan fingerprint density at radius 3 is 3.00 bits per heavy atom. The van der Waals surface area contributed by atoms with Crippen molar-refractivity contribution in [2.24, 2.45) is 0 Å². The van der Waals surface area contributed by atoms with Crippen LogP contribution in [-0.4, -0.2) is 26.8 Å². The highest BCUT2D eigenvalue weighted by molar-refractivity contribution is 7.99. The Morgan fingerprint density at radius 1 is 1.36 bits per heavy atom. The van der Waals surface area contributed by atoms with Gasteiger partial charge in [0.05, 0.1) is 16.9 Å². The Hall–Kier alpha value is -2.70. The van der Waals surface area contributed by atoms with Crippen LogP contribution in [-0.2, 0) is 17.6 Å². The van der Waals surface area contributed by atoms with E-state index in [2.05, 4.69) is 26.6 Å². The summed E-state index contributed by atoms with van der Waals surface area (Å²) in [5.74, 6) is -0.197. The van der Waals surface area contributed by atoms with Gasteiger partial charge in [-0.05, 0) is 43.4 Å². The van der Waals surface area contributed by atoms with Gasteiger partial charge in [-0.1, -0.05) is 23.9 Å². The number of thiophene rings is 1. The third-order valence-corrected chi connectivity index (χ3v) is 6.52. The fraction of sp³-hybridized carbons (Fsp3) is 0.263. The minimum absolute atomic E-state index is 0.0992. The standard InChI is InChI=1S/C19H16FN5OS2/c20-14-7-3-1-6-12(14)17-23-19(25-24-17)27-10-16(26)22-18-13(9-21)11-5-2-4-8-15(11)28-18/h1,3,6-7H,2,4-5,8,10H2,(H,22,26)(H,23,24,25). The van der Waals surface area contributed by atoms with Crippen molar-refractivity contribution in [3.8, 4) is 17.5 Å². The van der Waals surface area contributed by atoms with E-state index < -0.39 is 5.82 Å². The van der Waals surface area contributed by atoms with E-state index in [1.165, 1.54) is 22.3 Å². The first-order valence-corrected chi connectivity index (χ1v) is 10.6. The van der Waals surface area contributed by atoms with Gasteiger partial charge in [0, 0.05) is 4.88 Å². The fourth-order valence-corrected chi connectivity index (χ4v) is 5.00. The Labute approximate surface area is 169 Å². The number of fused-ring (bicyclic) bond motifs is 1. The van der Waals surface area contributed by atoms with Crippen molar-refractivity contribution in [2.45, 2.75) is 30.8 Å². The zero-order valence-electron chi connectivity index (χ0n) is 14.8. The molecule has 2 aromatic heterocycles. The van der Waals surface area contributed by atoms with Gasteiger partial charge in [0.1, 0.15) is 16.9 Å². The molecule has 0 saturated heterocycles. The number of benzene rings is 1. The Balaban J connectivity index is 1.40. The maximum absolute atomic E-state index is 13.8. The van der Waals surface area contributed by atoms with Gasteiger partial charge in [-0.15, -0.1) is 16.4 Å². The van der Waals surface area contributed by atoms with Crippen LogP contribution in [0.1, 0.15) is 28.8 Å². The lowest BCUT2D eigenvalue weighted by Gasteiger charge is -2.09. The molecule has 0 fully saturated rings. The van der Waals surface area contributed by atoms with Crippen molar-refractivity contribution in [3.05, 3.63) is 46.1 Å². The molecule has 142 valence electrons. The number of aromatic amines is 1. The molecule has 4 rings (SSSR count). The van der Waals surface area contributed by atoms with Gasteiger partial charge in [0.25, 0.3) is 0 Å². The van der Waals surface area contributed by atoms with Crippen LogP contribution in [0.2, 0.25) is 0 Å². The van der Waals surface area contributed by atoms with E-state index in [0.717, 1.165) is 43.0 Å². The average Bonchev–Trinajstić information content (AvgIpc) is 3.30. The smallest absolute Gasteiger partial charge is 0.235 e. The number of hydrogen-bond donors (Lipinski definition) is 2. The summed E-state index contributed by atoms with van der Waals surface area (Å²) in [6.45, 7) is 0. The molecule has 0 atom stereocenters. The highest BCUT2D eigenvalue weighted by Gasteiger charge is 2.22. The first-order valence-electron chi connectivity index (χ1n) is 8.80. The number of amides is 1. The van der Waals surface area contributed by atoms with Crippen LogP contribution in [0.3, 0.4) is 0 Å². The second-order valence-corrected chi connectivity index (χ2v) is 8.36. The number of halogens is 1. The second kappa shape index (κ2) is 8.12. The van der Waals surface area contributed by atoms with E-state index in [0.29, 0.717) is 27.1 Å². The number of aryl methyl sites for hydroxylation is 1. The number of anilines is 1. The Bertz CT molecular complexity index is 1070. The van der Waals surface area contributed by atoms with Crippen LogP contribution in [0.15, 0.2) is 29.4 Å². The monoisotopic (exact) mass is 413 g/mol. The fourth-order valence-electron chi connectivity index (χ4n) is 3.15. The van der Waals surface area contributed by atoms with Crippen LogP contribution in [0.5, 0.6) is 0 Å². The molecule has 0 unspecified atom stereocenters. The van der Waals surface area contributed by atoms with Gasteiger partial charge < -0.3 is 5.32 Å². The van der Waals surface area contributed by atoms with Gasteiger partial charge >= 0.3 is 0 Å². The average molecular weight is 414 g/mol. The highest BCUT2D eigenvalue weighted by atomic mass is 32.2. The quantitative estimate of drug-likeness (QED) is 0.613. The van der Waals surface area contributed by atoms with Gasteiger partial charge in [-0.25, -0.2) is 9.37 Å². The van der Waals surface area contributed by atoms with Crippen LogP contribution in [0, 0.1) is 17.1 Å². The lowest BCUT2D eigenvalue weighted by molar-refractivity contribution is -0.113. The lowest BCUT2D eigenvalue weighted by Crippen LogP contribution is -2.14. The number of nitriles is 1. The summed E-state index contributed by atoms with van der Waals surface area (Å²) in [4.78, 5) is 17.8. The summed E-state index contributed by atoms with van der Waals surface area (Å²) in [5.41, 5.74) is 2.01. The minimum atomic E-state index is -0.390. The second-order valence-electron chi connectivity index (χ2n) is 6.31. The SMILES string of the molecule is N#Cc1c(NC(=O)CSc2n[nH]c(-c3ccccc3F)n2)sc2c1CCCC2. The Morgan fingerprint density at radius 2 is 2.18 bits per heavy atom. The van der Waals surface area contributed by atoms with Crippen molar-refractivity contribution in [1.82, 2.24) is 15.2 Å². The van der Waals surface area contributed by atoms with Gasteiger partial charge in [-0.2, -0.15) is 5.26 Å². The molecule has 3 aromatic rings. The minimum Gasteiger partial charge on any atom is -0.316 e. The van der Waals surface area contributed by atoms with Crippen LogP contribution in [0.4, 0.5) is 9.39 Å². The van der Waals surface area contributed by atoms with E-state index >= 15 is 0 Å². The van der Waals surface area contributed by atoms with Crippen molar-refractivity contribution in [2.75, 3.05) is 11.1 Å². The molecule has 1 aromatic carbocycles. The van der Waals surface area contributed by atoms with E-state index in [1.54, 1.807) is 18.2 Å². The molecule has 0 bridgehead atoms. The molecule has 1 amide bonds. The summed E-state index contributed by atoms with van der Waals surface area (Å²) in [7, 11) is 0. The van der Waals surface area contributed by atoms with Gasteiger partial charge in [0.2, 0.25) is 11.1 Å². The normalized spacial score (nSPS) is 13.0. The van der Waals surface area contributed by atoms with Crippen LogP contribution < -0.4 is 5.32 Å². The molecule has 0 aliphatic heterocycles. The van der Waals surface area contributed by atoms with E-state index in [9.17, 15) is 14.4 Å². The number of H-pyrrole nitrogens is 1. The van der Waals surface area contributed by atoms with E-state index in [4.69, 9.17) is 0 Å². The predicted molar refractivity (Wildman–Crippen MR) is 107 cm³/mol. The summed E-state index contributed by atoms with van der Waals surface area (Å²) in [6, 6.07) is 8.52. The van der Waals surface area contributed by atoms with E-state index in [1.807, 2.05) is 0 Å². The van der Waals surface area contributed by atoms with Gasteiger partial charge in [-0.3, -0.25) is 9.89 Å². The summed E-state index contributed by atoms with van der Waals surface area (Å²) >= 11 is 2.65. The summed E-state index contributed by atoms with van der Waals surface area (Å²) < 4.78 is 13.8. The highest BCUT2D eigenvalue weighted by Crippen LogP contribution is 2.37. The molecule has 6 nitrogen and oxygen atoms in total. The van der Waals surface area contributed by atoms with Crippen molar-refractivity contribution >= 4 is 34.0 Å². The summed E-state index contributed by atoms with van der Waals surface area (Å²) in [6.07, 6.45) is 4.07. The topological polar surface area (TPSA) is 94.5 Å². The number of rotatable bonds is 5. The summed E-state index contributed by atoms with van der Waals surface area (Å²) in [5, 5.41) is 20.0. The zero-order valence-corrected chi connectivity index (χ0v) is 16.4. The number of carbonyl (C=O) groups is 1. The Kier molecular flexibility index (Phi) is 5.41. The van der Waals surface area contributed by atoms with Gasteiger partial charge in [0.15, 0.2) is 5.82 Å². The molecule has 0 spiro atoms. The molecule has 0 radical (unpaired) electrons. The molecule has 9 heteroatoms. The van der Waals surface area contributed by atoms with E-state index in [-0.39, 0.29) is 11.7 Å². The number of carbonyl (C=O) groups excluding carboxylic acids is 1. The third kappa shape index (κ3) is 3.79.